The monoisotopic (exact) mass is 255 g/mol. The average Bonchev–Trinajstić information content (AvgIpc) is 2.36. The summed E-state index contributed by atoms with van der Waals surface area (Å²) in [5.41, 5.74) is 0. The van der Waals surface area contributed by atoms with Crippen molar-refractivity contribution >= 4 is 17.7 Å². The fraction of sp³-hybridized carbons (Fsp3) is 0.833. The summed E-state index contributed by atoms with van der Waals surface area (Å²) in [6, 6.07) is 2.06. The predicted octanol–water partition coefficient (Wildman–Crippen LogP) is 1.19. The number of likely N-dealkylation sites (tertiary alicyclic amines) is 1. The molecule has 1 saturated heterocycles. The largest absolute Gasteiger partial charge is 0.344 e. The van der Waals surface area contributed by atoms with Crippen LogP contribution in [0.2, 0.25) is 0 Å². The first-order valence-electron chi connectivity index (χ1n) is 6.03. The van der Waals surface area contributed by atoms with E-state index in [1.54, 1.807) is 11.9 Å². The summed E-state index contributed by atoms with van der Waals surface area (Å²) in [6.45, 7) is 3.08. The van der Waals surface area contributed by atoms with E-state index in [0.717, 1.165) is 18.3 Å². The zero-order valence-corrected chi connectivity index (χ0v) is 11.5. The van der Waals surface area contributed by atoms with Gasteiger partial charge in [0.05, 0.1) is 19.0 Å². The van der Waals surface area contributed by atoms with Crippen LogP contribution in [-0.2, 0) is 4.79 Å². The van der Waals surface area contributed by atoms with Gasteiger partial charge in [-0.15, -0.1) is 0 Å². The number of nitriles is 1. The minimum absolute atomic E-state index is 0.128. The summed E-state index contributed by atoms with van der Waals surface area (Å²) >= 11 is 1.93. The number of hydrogen-bond donors (Lipinski definition) is 0. The number of thioether (sulfide) groups is 1. The van der Waals surface area contributed by atoms with Gasteiger partial charge >= 0.3 is 0 Å². The van der Waals surface area contributed by atoms with Crippen molar-refractivity contribution in [2.24, 2.45) is 0 Å². The van der Waals surface area contributed by atoms with E-state index in [2.05, 4.69) is 17.2 Å². The predicted molar refractivity (Wildman–Crippen MR) is 70.8 cm³/mol. The Bertz CT molecular complexity index is 282. The summed E-state index contributed by atoms with van der Waals surface area (Å²) < 4.78 is 0. The van der Waals surface area contributed by atoms with E-state index in [1.807, 2.05) is 11.8 Å². The molecule has 96 valence electrons. The molecule has 0 bridgehead atoms. The lowest BCUT2D eigenvalue weighted by atomic mass is 10.1. The molecule has 0 N–H and O–H groups in total. The van der Waals surface area contributed by atoms with E-state index in [-0.39, 0.29) is 5.91 Å². The van der Waals surface area contributed by atoms with Crippen LogP contribution in [0.15, 0.2) is 0 Å². The second kappa shape index (κ2) is 7.57. The van der Waals surface area contributed by atoms with Crippen molar-refractivity contribution in [1.29, 1.82) is 5.26 Å². The molecular weight excluding hydrogens is 234 g/mol. The van der Waals surface area contributed by atoms with Gasteiger partial charge in [-0.2, -0.15) is 17.0 Å². The molecule has 0 radical (unpaired) electrons. The topological polar surface area (TPSA) is 47.3 Å². The Morgan fingerprint density at radius 1 is 1.53 bits per heavy atom. The number of carbonyl (C=O) groups excluding carboxylic acids is 1. The number of hydrogen-bond acceptors (Lipinski definition) is 4. The highest BCUT2D eigenvalue weighted by molar-refractivity contribution is 7.99. The van der Waals surface area contributed by atoms with Crippen LogP contribution in [0.1, 0.15) is 19.3 Å². The van der Waals surface area contributed by atoms with E-state index in [0.29, 0.717) is 19.5 Å². The SMILES string of the molecule is CSC1CCN(CC(=O)N(C)CCC#N)CC1. The second-order valence-electron chi connectivity index (χ2n) is 4.43. The Morgan fingerprint density at radius 2 is 2.18 bits per heavy atom. The van der Waals surface area contributed by atoms with Crippen LogP contribution in [0.25, 0.3) is 0 Å². The Labute approximate surface area is 108 Å². The molecule has 1 aliphatic heterocycles. The third-order valence-corrected chi connectivity index (χ3v) is 4.35. The number of nitrogens with zero attached hydrogens (tertiary/aromatic N) is 3. The van der Waals surface area contributed by atoms with Gasteiger partial charge in [-0.25, -0.2) is 0 Å². The molecule has 0 spiro atoms. The molecule has 0 aliphatic carbocycles. The van der Waals surface area contributed by atoms with Crippen LogP contribution in [-0.4, -0.2) is 60.4 Å². The third kappa shape index (κ3) is 4.97. The Balaban J connectivity index is 2.25. The molecule has 17 heavy (non-hydrogen) atoms. The zero-order valence-electron chi connectivity index (χ0n) is 10.7. The second-order valence-corrected chi connectivity index (χ2v) is 5.57. The van der Waals surface area contributed by atoms with Gasteiger partial charge in [0.15, 0.2) is 0 Å². The van der Waals surface area contributed by atoms with Crippen LogP contribution >= 0.6 is 11.8 Å². The lowest BCUT2D eigenvalue weighted by Crippen LogP contribution is -2.42. The van der Waals surface area contributed by atoms with Crippen molar-refractivity contribution in [3.8, 4) is 6.07 Å². The lowest BCUT2D eigenvalue weighted by molar-refractivity contribution is -0.131. The molecule has 0 unspecified atom stereocenters. The minimum atomic E-state index is 0.128. The first-order valence-corrected chi connectivity index (χ1v) is 7.32. The maximum Gasteiger partial charge on any atom is 0.236 e. The zero-order chi connectivity index (χ0) is 12.7. The molecule has 0 saturated carbocycles. The van der Waals surface area contributed by atoms with Gasteiger partial charge in [-0.05, 0) is 32.2 Å². The number of carbonyl (C=O) groups is 1. The summed E-state index contributed by atoms with van der Waals surface area (Å²) in [7, 11) is 1.77. The fourth-order valence-electron chi connectivity index (χ4n) is 1.96. The Hall–Kier alpha value is -0.730. The molecule has 1 amide bonds. The smallest absolute Gasteiger partial charge is 0.236 e. The average molecular weight is 255 g/mol. The minimum Gasteiger partial charge on any atom is -0.344 e. The summed E-state index contributed by atoms with van der Waals surface area (Å²) in [5, 5.41) is 9.24. The van der Waals surface area contributed by atoms with Crippen LogP contribution in [0, 0.1) is 11.3 Å². The molecule has 1 fully saturated rings. The van der Waals surface area contributed by atoms with Gasteiger partial charge in [-0.1, -0.05) is 0 Å². The van der Waals surface area contributed by atoms with Gasteiger partial charge in [0.1, 0.15) is 0 Å². The number of piperidine rings is 1. The van der Waals surface area contributed by atoms with Crippen molar-refractivity contribution in [2.45, 2.75) is 24.5 Å². The first-order chi connectivity index (χ1) is 8.17. The van der Waals surface area contributed by atoms with Crippen molar-refractivity contribution in [2.75, 3.05) is 39.5 Å². The van der Waals surface area contributed by atoms with E-state index >= 15 is 0 Å². The van der Waals surface area contributed by atoms with Crippen molar-refractivity contribution < 1.29 is 4.79 Å². The van der Waals surface area contributed by atoms with E-state index in [4.69, 9.17) is 5.26 Å². The van der Waals surface area contributed by atoms with Crippen LogP contribution in [0.4, 0.5) is 0 Å². The fourth-order valence-corrected chi connectivity index (χ4v) is 2.64. The van der Waals surface area contributed by atoms with E-state index < -0.39 is 0 Å². The highest BCUT2D eigenvalue weighted by Crippen LogP contribution is 2.20. The molecule has 1 rings (SSSR count). The molecule has 0 aromatic heterocycles. The van der Waals surface area contributed by atoms with Crippen LogP contribution < -0.4 is 0 Å². The van der Waals surface area contributed by atoms with Crippen molar-refractivity contribution in [3.63, 3.8) is 0 Å². The lowest BCUT2D eigenvalue weighted by Gasteiger charge is -2.31. The number of rotatable bonds is 5. The van der Waals surface area contributed by atoms with Gasteiger partial charge in [0.25, 0.3) is 0 Å². The van der Waals surface area contributed by atoms with E-state index in [9.17, 15) is 4.79 Å². The maximum absolute atomic E-state index is 11.8. The Kier molecular flexibility index (Phi) is 6.38. The molecule has 5 heteroatoms. The van der Waals surface area contributed by atoms with Gasteiger partial charge in [-0.3, -0.25) is 9.69 Å². The van der Waals surface area contributed by atoms with Gasteiger partial charge < -0.3 is 4.90 Å². The Morgan fingerprint density at radius 3 is 2.71 bits per heavy atom. The molecule has 4 nitrogen and oxygen atoms in total. The quantitative estimate of drug-likeness (QED) is 0.740. The van der Waals surface area contributed by atoms with Crippen LogP contribution in [0.5, 0.6) is 0 Å². The molecule has 0 aromatic rings. The van der Waals surface area contributed by atoms with Crippen LogP contribution in [0.3, 0.4) is 0 Å². The summed E-state index contributed by atoms with van der Waals surface area (Å²) in [4.78, 5) is 15.7. The highest BCUT2D eigenvalue weighted by atomic mass is 32.2. The number of likely N-dealkylation sites (N-methyl/N-ethyl adjacent to an activating group) is 1. The standard InChI is InChI=1S/C12H21N3OS/c1-14(7-3-6-13)12(16)10-15-8-4-11(17-2)5-9-15/h11H,3-5,7-10H2,1-2H3. The van der Waals surface area contributed by atoms with Gasteiger partial charge in [0, 0.05) is 18.8 Å². The highest BCUT2D eigenvalue weighted by Gasteiger charge is 2.21. The normalized spacial score (nSPS) is 17.7. The summed E-state index contributed by atoms with van der Waals surface area (Å²) in [5.74, 6) is 0.128. The molecule has 1 heterocycles. The van der Waals surface area contributed by atoms with Crippen molar-refractivity contribution in [1.82, 2.24) is 9.80 Å². The van der Waals surface area contributed by atoms with Crippen molar-refractivity contribution in [3.05, 3.63) is 0 Å². The maximum atomic E-state index is 11.8. The number of amides is 1. The molecule has 0 aromatic carbocycles. The summed E-state index contributed by atoms with van der Waals surface area (Å²) in [6.07, 6.45) is 4.92. The van der Waals surface area contributed by atoms with E-state index in [1.165, 1.54) is 12.8 Å². The molecule has 1 aliphatic rings. The van der Waals surface area contributed by atoms with Gasteiger partial charge in [0.2, 0.25) is 5.91 Å². The molecule has 0 atom stereocenters. The first kappa shape index (κ1) is 14.3. The third-order valence-electron chi connectivity index (χ3n) is 3.21. The molecular formula is C12H21N3OS.